The fraction of sp³-hybridized carbons (Fsp3) is 0.200. The lowest BCUT2D eigenvalue weighted by atomic mass is 10.1. The Kier molecular flexibility index (Phi) is 5.12. The molecule has 1 N–H and O–H groups in total. The average molecular weight is 393 g/mol. The van der Waals surface area contributed by atoms with Gasteiger partial charge in [-0.25, -0.2) is 0 Å². The van der Waals surface area contributed by atoms with E-state index in [4.69, 9.17) is 0 Å². The van der Waals surface area contributed by atoms with Crippen LogP contribution in [0.25, 0.3) is 5.69 Å². The van der Waals surface area contributed by atoms with Crippen LogP contribution in [0.15, 0.2) is 65.8 Å². The Morgan fingerprint density at radius 3 is 2.32 bits per heavy atom. The maximum absolute atomic E-state index is 12.6. The van der Waals surface area contributed by atoms with E-state index in [2.05, 4.69) is 15.5 Å². The molecule has 1 aliphatic heterocycles. The first-order chi connectivity index (χ1) is 13.6. The third-order valence-corrected chi connectivity index (χ3v) is 5.41. The highest BCUT2D eigenvalue weighted by atomic mass is 32.2. The lowest BCUT2D eigenvalue weighted by Crippen LogP contribution is -2.28. The highest BCUT2D eigenvalue weighted by Gasteiger charge is 2.35. The van der Waals surface area contributed by atoms with E-state index in [-0.39, 0.29) is 24.2 Å². The van der Waals surface area contributed by atoms with Crippen molar-refractivity contribution in [1.82, 2.24) is 15.0 Å². The number of nitrogens with one attached hydrogen (secondary N) is 1. The molecule has 0 spiro atoms. The Hall–Kier alpha value is -3.13. The summed E-state index contributed by atoms with van der Waals surface area (Å²) in [6.07, 6.45) is 5.43. The molecule has 1 aromatic heterocycles. The summed E-state index contributed by atoms with van der Waals surface area (Å²) in [7, 11) is 0. The van der Waals surface area contributed by atoms with Crippen molar-refractivity contribution in [1.29, 1.82) is 0 Å². The van der Waals surface area contributed by atoms with Gasteiger partial charge in [0.25, 0.3) is 0 Å². The Balaban J connectivity index is 1.40. The fourth-order valence-corrected chi connectivity index (χ4v) is 3.57. The van der Waals surface area contributed by atoms with Gasteiger partial charge in [0.15, 0.2) is 0 Å². The van der Waals surface area contributed by atoms with Gasteiger partial charge in [-0.05, 0) is 54.8 Å². The van der Waals surface area contributed by atoms with Crippen LogP contribution in [-0.2, 0) is 9.59 Å². The SMILES string of the molecule is CSc1ccc(N2C[C@@H](C(=O)Nc3ccc(-n4nccn4)cc3)CC2=O)cc1. The number of carbonyl (C=O) groups is 2. The minimum Gasteiger partial charge on any atom is -0.326 e. The minimum atomic E-state index is -0.375. The maximum Gasteiger partial charge on any atom is 0.229 e. The van der Waals surface area contributed by atoms with Crippen LogP contribution < -0.4 is 10.2 Å². The monoisotopic (exact) mass is 393 g/mol. The zero-order chi connectivity index (χ0) is 19.5. The summed E-state index contributed by atoms with van der Waals surface area (Å²) < 4.78 is 0. The molecule has 2 heterocycles. The molecule has 0 unspecified atom stereocenters. The molecule has 142 valence electrons. The summed E-state index contributed by atoms with van der Waals surface area (Å²) in [5, 5.41) is 11.0. The van der Waals surface area contributed by atoms with E-state index in [0.29, 0.717) is 12.2 Å². The van der Waals surface area contributed by atoms with Crippen molar-refractivity contribution in [2.45, 2.75) is 11.3 Å². The van der Waals surface area contributed by atoms with Gasteiger partial charge < -0.3 is 10.2 Å². The Morgan fingerprint density at radius 2 is 1.68 bits per heavy atom. The second kappa shape index (κ2) is 7.85. The molecule has 0 aliphatic carbocycles. The molecule has 8 heteroatoms. The van der Waals surface area contributed by atoms with Crippen molar-refractivity contribution < 1.29 is 9.59 Å². The first-order valence-corrected chi connectivity index (χ1v) is 10.1. The predicted molar refractivity (Wildman–Crippen MR) is 109 cm³/mol. The van der Waals surface area contributed by atoms with Crippen LogP contribution in [0.1, 0.15) is 6.42 Å². The number of rotatable bonds is 5. The van der Waals surface area contributed by atoms with Gasteiger partial charge in [-0.3, -0.25) is 9.59 Å². The van der Waals surface area contributed by atoms with Gasteiger partial charge >= 0.3 is 0 Å². The summed E-state index contributed by atoms with van der Waals surface area (Å²) in [6.45, 7) is 0.387. The molecule has 2 aromatic carbocycles. The first-order valence-electron chi connectivity index (χ1n) is 8.86. The molecule has 1 aliphatic rings. The summed E-state index contributed by atoms with van der Waals surface area (Å²) >= 11 is 1.65. The van der Waals surface area contributed by atoms with E-state index < -0.39 is 0 Å². The van der Waals surface area contributed by atoms with Gasteiger partial charge in [-0.2, -0.15) is 15.0 Å². The number of anilines is 2. The third-order valence-electron chi connectivity index (χ3n) is 4.66. The van der Waals surface area contributed by atoms with Crippen LogP contribution in [-0.4, -0.2) is 39.6 Å². The third kappa shape index (κ3) is 3.77. The summed E-state index contributed by atoms with van der Waals surface area (Å²) in [5.74, 6) is -0.557. The second-order valence-corrected chi connectivity index (χ2v) is 7.34. The van der Waals surface area contributed by atoms with Crippen LogP contribution in [0.3, 0.4) is 0 Å². The molecular formula is C20H19N5O2S. The molecule has 0 saturated carbocycles. The lowest BCUT2D eigenvalue weighted by Gasteiger charge is -2.17. The smallest absolute Gasteiger partial charge is 0.229 e. The lowest BCUT2D eigenvalue weighted by molar-refractivity contribution is -0.122. The zero-order valence-electron chi connectivity index (χ0n) is 15.3. The summed E-state index contributed by atoms with van der Waals surface area (Å²) in [6, 6.07) is 15.1. The van der Waals surface area contributed by atoms with Crippen molar-refractivity contribution in [3.05, 3.63) is 60.9 Å². The normalized spacial score (nSPS) is 16.4. The predicted octanol–water partition coefficient (Wildman–Crippen LogP) is 2.98. The van der Waals surface area contributed by atoms with Crippen LogP contribution in [0.4, 0.5) is 11.4 Å². The largest absolute Gasteiger partial charge is 0.326 e. The standard InChI is InChI=1S/C20H19N5O2S/c1-28-18-8-6-16(7-9-18)24-13-14(12-19(24)26)20(27)23-15-2-4-17(5-3-15)25-21-10-11-22-25/h2-11,14H,12-13H2,1H3,(H,23,27)/t14-/m0/s1. The molecule has 1 atom stereocenters. The zero-order valence-corrected chi connectivity index (χ0v) is 16.1. The molecule has 0 bridgehead atoms. The first kappa shape index (κ1) is 18.2. The Bertz CT molecular complexity index is 971. The second-order valence-electron chi connectivity index (χ2n) is 6.46. The van der Waals surface area contributed by atoms with Gasteiger partial charge in [-0.15, -0.1) is 11.8 Å². The van der Waals surface area contributed by atoms with Gasteiger partial charge in [-0.1, -0.05) is 0 Å². The van der Waals surface area contributed by atoms with Crippen LogP contribution in [0.5, 0.6) is 0 Å². The summed E-state index contributed by atoms with van der Waals surface area (Å²) in [5.41, 5.74) is 2.31. The molecule has 4 rings (SSSR count). The van der Waals surface area contributed by atoms with Crippen LogP contribution in [0.2, 0.25) is 0 Å². The molecule has 2 amide bonds. The number of benzene rings is 2. The summed E-state index contributed by atoms with van der Waals surface area (Å²) in [4.78, 5) is 29.3. The van der Waals surface area contributed by atoms with E-state index in [1.165, 1.54) is 4.80 Å². The van der Waals surface area contributed by atoms with Gasteiger partial charge in [0.05, 0.1) is 24.0 Å². The van der Waals surface area contributed by atoms with Crippen molar-refractivity contribution in [3.8, 4) is 5.69 Å². The van der Waals surface area contributed by atoms with Crippen LogP contribution >= 0.6 is 11.8 Å². The number of carbonyl (C=O) groups excluding carboxylic acids is 2. The van der Waals surface area contributed by atoms with Crippen molar-refractivity contribution >= 4 is 35.0 Å². The molecule has 0 radical (unpaired) electrons. The van der Waals surface area contributed by atoms with Crippen molar-refractivity contribution in [3.63, 3.8) is 0 Å². The van der Waals surface area contributed by atoms with Gasteiger partial charge in [0.1, 0.15) is 0 Å². The van der Waals surface area contributed by atoms with Crippen LogP contribution in [0, 0.1) is 5.92 Å². The average Bonchev–Trinajstić information content (AvgIpc) is 3.39. The molecule has 1 saturated heterocycles. The Morgan fingerprint density at radius 1 is 1.04 bits per heavy atom. The number of amides is 2. The molecule has 1 fully saturated rings. The molecule has 7 nitrogen and oxygen atoms in total. The highest BCUT2D eigenvalue weighted by molar-refractivity contribution is 7.98. The van der Waals surface area contributed by atoms with E-state index in [1.807, 2.05) is 42.7 Å². The molecule has 28 heavy (non-hydrogen) atoms. The number of thioether (sulfide) groups is 1. The van der Waals surface area contributed by atoms with Crippen molar-refractivity contribution in [2.24, 2.45) is 5.92 Å². The molecule has 3 aromatic rings. The molecular weight excluding hydrogens is 374 g/mol. The number of aromatic nitrogens is 3. The van der Waals surface area contributed by atoms with Gasteiger partial charge in [0, 0.05) is 29.2 Å². The highest BCUT2D eigenvalue weighted by Crippen LogP contribution is 2.28. The van der Waals surface area contributed by atoms with E-state index in [1.54, 1.807) is 41.2 Å². The number of hydrogen-bond donors (Lipinski definition) is 1. The number of nitrogens with zero attached hydrogens (tertiary/aromatic N) is 4. The minimum absolute atomic E-state index is 0.0304. The quantitative estimate of drug-likeness (QED) is 0.674. The topological polar surface area (TPSA) is 80.1 Å². The maximum atomic E-state index is 12.6. The van der Waals surface area contributed by atoms with E-state index in [0.717, 1.165) is 16.3 Å². The fourth-order valence-electron chi connectivity index (χ4n) is 3.17. The Labute approximate surface area is 166 Å². The van der Waals surface area contributed by atoms with Crippen molar-refractivity contribution in [2.75, 3.05) is 23.0 Å². The van der Waals surface area contributed by atoms with E-state index >= 15 is 0 Å². The number of hydrogen-bond acceptors (Lipinski definition) is 5. The van der Waals surface area contributed by atoms with Gasteiger partial charge in [0.2, 0.25) is 11.8 Å². The van der Waals surface area contributed by atoms with E-state index in [9.17, 15) is 9.59 Å².